The molecule has 1 fully saturated rings. The second kappa shape index (κ2) is 4.01. The van der Waals surface area contributed by atoms with Gasteiger partial charge in [0.1, 0.15) is 11.6 Å². The molecule has 1 saturated heterocycles. The van der Waals surface area contributed by atoms with E-state index in [0.717, 1.165) is 0 Å². The van der Waals surface area contributed by atoms with E-state index in [4.69, 9.17) is 18.9 Å². The summed E-state index contributed by atoms with van der Waals surface area (Å²) in [5, 5.41) is 0. The minimum atomic E-state index is -0.525. The fourth-order valence-corrected chi connectivity index (χ4v) is 1.92. The van der Waals surface area contributed by atoms with E-state index in [0.29, 0.717) is 36.7 Å². The molecule has 5 heteroatoms. The highest BCUT2D eigenvalue weighted by Crippen LogP contribution is 2.36. The van der Waals surface area contributed by atoms with Gasteiger partial charge in [-0.25, -0.2) is 4.39 Å². The monoisotopic (exact) mass is 226 g/mol. The number of fused-ring (bicyclic) bond motifs is 1. The van der Waals surface area contributed by atoms with E-state index >= 15 is 0 Å². The first-order valence-corrected chi connectivity index (χ1v) is 5.10. The highest BCUT2D eigenvalue weighted by Gasteiger charge is 2.26. The quantitative estimate of drug-likeness (QED) is 0.730. The summed E-state index contributed by atoms with van der Waals surface area (Å²) in [6.07, 6.45) is -0.525. The van der Waals surface area contributed by atoms with Crippen molar-refractivity contribution in [1.82, 2.24) is 0 Å². The molecule has 2 heterocycles. The Morgan fingerprint density at radius 1 is 1.19 bits per heavy atom. The molecule has 16 heavy (non-hydrogen) atoms. The van der Waals surface area contributed by atoms with Crippen LogP contribution in [0.15, 0.2) is 12.1 Å². The fourth-order valence-electron chi connectivity index (χ4n) is 1.92. The lowest BCUT2D eigenvalue weighted by atomic mass is 10.1. The van der Waals surface area contributed by atoms with E-state index < -0.39 is 6.29 Å². The Morgan fingerprint density at radius 3 is 2.81 bits per heavy atom. The van der Waals surface area contributed by atoms with Crippen molar-refractivity contribution < 1.29 is 23.3 Å². The maximum atomic E-state index is 13.4. The topological polar surface area (TPSA) is 36.9 Å². The molecule has 0 unspecified atom stereocenters. The lowest BCUT2D eigenvalue weighted by molar-refractivity contribution is -0.0545. The Bertz CT molecular complexity index is 401. The minimum absolute atomic E-state index is 0.179. The molecule has 1 aromatic carbocycles. The summed E-state index contributed by atoms with van der Waals surface area (Å²) in [5.74, 6) is 0.293. The molecule has 0 N–H and O–H groups in total. The lowest BCUT2D eigenvalue weighted by Gasteiger charge is -2.22. The summed E-state index contributed by atoms with van der Waals surface area (Å²) in [6.45, 7) is 1.57. The Hall–Kier alpha value is -1.17. The van der Waals surface area contributed by atoms with E-state index in [1.54, 1.807) is 0 Å². The lowest BCUT2D eigenvalue weighted by Crippen LogP contribution is -2.15. The second-order valence-corrected chi connectivity index (χ2v) is 3.67. The average Bonchev–Trinajstić information content (AvgIpc) is 2.81. The standard InChI is InChI=1S/C11H11FO4/c12-8-3-7-5-13-6-16-10(7)9(4-8)11-14-1-2-15-11/h3-4,11H,1-2,5-6H2. The molecule has 0 saturated carbocycles. The molecule has 2 aliphatic heterocycles. The molecule has 1 aromatic rings. The van der Waals surface area contributed by atoms with Crippen LogP contribution in [0.2, 0.25) is 0 Å². The molecule has 2 aliphatic rings. The molecular formula is C11H11FO4. The van der Waals surface area contributed by atoms with Crippen LogP contribution in [0.25, 0.3) is 0 Å². The highest BCUT2D eigenvalue weighted by molar-refractivity contribution is 5.43. The van der Waals surface area contributed by atoms with Gasteiger partial charge in [0.2, 0.25) is 0 Å². The van der Waals surface area contributed by atoms with Gasteiger partial charge in [-0.05, 0) is 12.1 Å². The van der Waals surface area contributed by atoms with E-state index in [-0.39, 0.29) is 12.6 Å². The Labute approximate surface area is 91.9 Å². The van der Waals surface area contributed by atoms with Gasteiger partial charge in [0.15, 0.2) is 13.1 Å². The van der Waals surface area contributed by atoms with Crippen LogP contribution in [-0.4, -0.2) is 20.0 Å². The predicted molar refractivity (Wildman–Crippen MR) is 51.3 cm³/mol. The van der Waals surface area contributed by atoms with Crippen LogP contribution in [-0.2, 0) is 20.8 Å². The summed E-state index contributed by atoms with van der Waals surface area (Å²) < 4.78 is 34.6. The van der Waals surface area contributed by atoms with E-state index in [2.05, 4.69) is 0 Å². The van der Waals surface area contributed by atoms with Gasteiger partial charge in [-0.1, -0.05) is 0 Å². The third kappa shape index (κ3) is 1.67. The summed E-state index contributed by atoms with van der Waals surface area (Å²) in [7, 11) is 0. The maximum Gasteiger partial charge on any atom is 0.189 e. The molecular weight excluding hydrogens is 215 g/mol. The summed E-state index contributed by atoms with van der Waals surface area (Å²) in [6, 6.07) is 2.80. The highest BCUT2D eigenvalue weighted by atomic mass is 19.1. The molecule has 0 bridgehead atoms. The van der Waals surface area contributed by atoms with Crippen molar-refractivity contribution >= 4 is 0 Å². The molecule has 0 radical (unpaired) electrons. The SMILES string of the molecule is Fc1cc2c(c(C3OCCO3)c1)OCOC2. The van der Waals surface area contributed by atoms with Gasteiger partial charge in [0, 0.05) is 5.56 Å². The Morgan fingerprint density at radius 2 is 2.00 bits per heavy atom. The summed E-state index contributed by atoms with van der Waals surface area (Å²) >= 11 is 0. The van der Waals surface area contributed by atoms with Crippen molar-refractivity contribution in [2.24, 2.45) is 0 Å². The molecule has 0 aromatic heterocycles. The Balaban J connectivity index is 2.04. The first kappa shape index (κ1) is 10.0. The maximum absolute atomic E-state index is 13.4. The second-order valence-electron chi connectivity index (χ2n) is 3.67. The minimum Gasteiger partial charge on any atom is -0.467 e. The van der Waals surface area contributed by atoms with Crippen LogP contribution in [0.5, 0.6) is 5.75 Å². The zero-order chi connectivity index (χ0) is 11.0. The first-order chi connectivity index (χ1) is 7.84. The zero-order valence-corrected chi connectivity index (χ0v) is 8.57. The summed E-state index contributed by atoms with van der Waals surface area (Å²) in [4.78, 5) is 0. The van der Waals surface area contributed by atoms with E-state index in [1.807, 2.05) is 0 Å². The number of hydrogen-bond donors (Lipinski definition) is 0. The molecule has 86 valence electrons. The molecule has 0 atom stereocenters. The summed E-state index contributed by atoms with van der Waals surface area (Å²) in [5.41, 5.74) is 1.30. The molecule has 0 spiro atoms. The van der Waals surface area contributed by atoms with Crippen molar-refractivity contribution in [3.8, 4) is 5.75 Å². The van der Waals surface area contributed by atoms with Crippen molar-refractivity contribution in [3.63, 3.8) is 0 Å². The van der Waals surface area contributed by atoms with Crippen LogP contribution in [0.4, 0.5) is 4.39 Å². The van der Waals surface area contributed by atoms with Gasteiger partial charge in [0.25, 0.3) is 0 Å². The molecule has 3 rings (SSSR count). The van der Waals surface area contributed by atoms with Crippen LogP contribution < -0.4 is 4.74 Å². The third-order valence-electron chi connectivity index (χ3n) is 2.58. The van der Waals surface area contributed by atoms with Crippen LogP contribution >= 0.6 is 0 Å². The Kier molecular flexibility index (Phi) is 2.51. The van der Waals surface area contributed by atoms with Gasteiger partial charge < -0.3 is 18.9 Å². The van der Waals surface area contributed by atoms with Gasteiger partial charge in [-0.2, -0.15) is 0 Å². The van der Waals surface area contributed by atoms with Crippen molar-refractivity contribution in [2.45, 2.75) is 12.9 Å². The molecule has 0 amide bonds. The number of rotatable bonds is 1. The molecule has 0 aliphatic carbocycles. The predicted octanol–water partition coefficient (Wildman–Crippen LogP) is 1.74. The van der Waals surface area contributed by atoms with Gasteiger partial charge in [-0.3, -0.25) is 0 Å². The first-order valence-electron chi connectivity index (χ1n) is 5.10. The third-order valence-corrected chi connectivity index (χ3v) is 2.58. The van der Waals surface area contributed by atoms with Gasteiger partial charge in [-0.15, -0.1) is 0 Å². The zero-order valence-electron chi connectivity index (χ0n) is 8.57. The number of ether oxygens (including phenoxy) is 4. The number of hydrogen-bond acceptors (Lipinski definition) is 4. The van der Waals surface area contributed by atoms with Gasteiger partial charge >= 0.3 is 0 Å². The van der Waals surface area contributed by atoms with Crippen LogP contribution in [0, 0.1) is 5.82 Å². The van der Waals surface area contributed by atoms with Gasteiger partial charge in [0.05, 0.1) is 25.4 Å². The normalized spacial score (nSPS) is 20.6. The van der Waals surface area contributed by atoms with Crippen LogP contribution in [0.1, 0.15) is 17.4 Å². The van der Waals surface area contributed by atoms with Crippen molar-refractivity contribution in [2.75, 3.05) is 20.0 Å². The van der Waals surface area contributed by atoms with Crippen molar-refractivity contribution in [1.29, 1.82) is 0 Å². The number of benzene rings is 1. The van der Waals surface area contributed by atoms with Crippen LogP contribution in [0.3, 0.4) is 0 Å². The smallest absolute Gasteiger partial charge is 0.189 e. The van der Waals surface area contributed by atoms with E-state index in [1.165, 1.54) is 12.1 Å². The fraction of sp³-hybridized carbons (Fsp3) is 0.455. The van der Waals surface area contributed by atoms with E-state index in [9.17, 15) is 4.39 Å². The number of halogens is 1. The molecule has 4 nitrogen and oxygen atoms in total. The van der Waals surface area contributed by atoms with Crippen molar-refractivity contribution in [3.05, 3.63) is 29.1 Å². The average molecular weight is 226 g/mol. The largest absolute Gasteiger partial charge is 0.467 e.